The first-order valence-corrected chi connectivity index (χ1v) is 6.00. The molecule has 2 aromatic rings. The van der Waals surface area contributed by atoms with Crippen molar-refractivity contribution in [2.45, 2.75) is 0 Å². The molecule has 2 aromatic carbocycles. The van der Waals surface area contributed by atoms with E-state index in [2.05, 4.69) is 11.4 Å². The van der Waals surface area contributed by atoms with Crippen LogP contribution in [0, 0.1) is 11.3 Å². The summed E-state index contributed by atoms with van der Waals surface area (Å²) in [5.41, 5.74) is 2.00. The molecule has 0 unspecified atom stereocenters. The monoisotopic (exact) mass is 272 g/mol. The molecule has 0 amide bonds. The van der Waals surface area contributed by atoms with Crippen LogP contribution in [-0.4, -0.2) is 6.79 Å². The predicted molar refractivity (Wildman–Crippen MR) is 72.0 cm³/mol. The fourth-order valence-corrected chi connectivity index (χ4v) is 2.02. The van der Waals surface area contributed by atoms with Gasteiger partial charge >= 0.3 is 0 Å². The summed E-state index contributed by atoms with van der Waals surface area (Å²) in [6.07, 6.45) is 0. The summed E-state index contributed by atoms with van der Waals surface area (Å²) in [6, 6.07) is 12.7. The van der Waals surface area contributed by atoms with Gasteiger partial charge in [0.2, 0.25) is 6.79 Å². The highest BCUT2D eigenvalue weighted by molar-refractivity contribution is 6.30. The maximum atomic E-state index is 9.06. The molecule has 0 radical (unpaired) electrons. The summed E-state index contributed by atoms with van der Waals surface area (Å²) in [5.74, 6) is 1.41. The second-order valence-electron chi connectivity index (χ2n) is 3.99. The largest absolute Gasteiger partial charge is 0.454 e. The van der Waals surface area contributed by atoms with Gasteiger partial charge in [-0.05, 0) is 30.3 Å². The average Bonchev–Trinajstić information content (AvgIpc) is 2.86. The molecule has 0 bridgehead atoms. The second kappa shape index (κ2) is 4.71. The van der Waals surface area contributed by atoms with E-state index in [1.807, 2.05) is 18.2 Å². The number of ether oxygens (including phenoxy) is 2. The molecule has 1 heterocycles. The van der Waals surface area contributed by atoms with Crippen LogP contribution in [0.1, 0.15) is 5.56 Å². The lowest BCUT2D eigenvalue weighted by atomic mass is 10.2. The topological polar surface area (TPSA) is 54.3 Å². The van der Waals surface area contributed by atoms with Crippen molar-refractivity contribution in [2.75, 3.05) is 12.1 Å². The van der Waals surface area contributed by atoms with Crippen molar-refractivity contribution < 1.29 is 9.47 Å². The van der Waals surface area contributed by atoms with Crippen LogP contribution in [0.15, 0.2) is 36.4 Å². The normalized spacial score (nSPS) is 12.0. The Kier molecular flexibility index (Phi) is 2.90. The number of anilines is 2. The number of benzene rings is 2. The summed E-state index contributed by atoms with van der Waals surface area (Å²) in [5, 5.41) is 12.8. The molecule has 1 aliphatic heterocycles. The third-order valence-electron chi connectivity index (χ3n) is 2.75. The van der Waals surface area contributed by atoms with Crippen LogP contribution in [0.5, 0.6) is 11.5 Å². The number of fused-ring (bicyclic) bond motifs is 1. The van der Waals surface area contributed by atoms with Crippen molar-refractivity contribution in [2.24, 2.45) is 0 Å². The van der Waals surface area contributed by atoms with Crippen molar-refractivity contribution in [1.29, 1.82) is 5.26 Å². The molecule has 0 aromatic heterocycles. The molecule has 0 fully saturated rings. The van der Waals surface area contributed by atoms with E-state index >= 15 is 0 Å². The van der Waals surface area contributed by atoms with Crippen LogP contribution in [0.3, 0.4) is 0 Å². The highest BCUT2D eigenvalue weighted by Gasteiger charge is 2.13. The van der Waals surface area contributed by atoms with Gasteiger partial charge in [0, 0.05) is 16.8 Å². The van der Waals surface area contributed by atoms with Gasteiger partial charge in [0.05, 0.1) is 11.3 Å². The first-order chi connectivity index (χ1) is 9.26. The minimum Gasteiger partial charge on any atom is -0.454 e. The van der Waals surface area contributed by atoms with Gasteiger partial charge in [-0.15, -0.1) is 0 Å². The average molecular weight is 273 g/mol. The van der Waals surface area contributed by atoms with Gasteiger partial charge in [-0.25, -0.2) is 0 Å². The number of nitrogens with zero attached hydrogens (tertiary/aromatic N) is 1. The summed E-state index contributed by atoms with van der Waals surface area (Å²) < 4.78 is 10.5. The Morgan fingerprint density at radius 1 is 1.11 bits per heavy atom. The van der Waals surface area contributed by atoms with Crippen LogP contribution in [0.4, 0.5) is 11.4 Å². The lowest BCUT2D eigenvalue weighted by Gasteiger charge is -2.09. The van der Waals surface area contributed by atoms with E-state index in [4.69, 9.17) is 26.3 Å². The fourth-order valence-electron chi connectivity index (χ4n) is 1.85. The highest BCUT2D eigenvalue weighted by atomic mass is 35.5. The van der Waals surface area contributed by atoms with E-state index < -0.39 is 0 Å². The van der Waals surface area contributed by atoms with E-state index in [1.165, 1.54) is 0 Å². The number of hydrogen-bond acceptors (Lipinski definition) is 4. The smallest absolute Gasteiger partial charge is 0.231 e. The summed E-state index contributed by atoms with van der Waals surface area (Å²) >= 11 is 5.94. The molecule has 0 saturated carbocycles. The molecule has 0 aliphatic carbocycles. The highest BCUT2D eigenvalue weighted by Crippen LogP contribution is 2.35. The van der Waals surface area contributed by atoms with E-state index in [0.29, 0.717) is 22.0 Å². The lowest BCUT2D eigenvalue weighted by Crippen LogP contribution is -1.94. The molecule has 3 rings (SSSR count). The Hall–Kier alpha value is -2.38. The first kappa shape index (κ1) is 11.7. The zero-order valence-corrected chi connectivity index (χ0v) is 10.6. The molecule has 0 atom stereocenters. The minimum absolute atomic E-state index is 0.236. The first-order valence-electron chi connectivity index (χ1n) is 5.62. The number of nitriles is 1. The Bertz CT molecular complexity index is 680. The Balaban J connectivity index is 1.93. The quantitative estimate of drug-likeness (QED) is 0.906. The van der Waals surface area contributed by atoms with Crippen LogP contribution in [0.25, 0.3) is 0 Å². The Morgan fingerprint density at radius 2 is 1.95 bits per heavy atom. The molecule has 1 N–H and O–H groups in total. The van der Waals surface area contributed by atoms with E-state index in [9.17, 15) is 0 Å². The Labute approximate surface area is 115 Å². The molecule has 4 nitrogen and oxygen atoms in total. The zero-order chi connectivity index (χ0) is 13.2. The van der Waals surface area contributed by atoms with Gasteiger partial charge < -0.3 is 14.8 Å². The third-order valence-corrected chi connectivity index (χ3v) is 2.99. The van der Waals surface area contributed by atoms with Gasteiger partial charge in [-0.3, -0.25) is 0 Å². The molecular weight excluding hydrogens is 264 g/mol. The zero-order valence-electron chi connectivity index (χ0n) is 9.81. The molecule has 0 spiro atoms. The summed E-state index contributed by atoms with van der Waals surface area (Å²) in [4.78, 5) is 0. The van der Waals surface area contributed by atoms with Crippen LogP contribution in [0.2, 0.25) is 5.02 Å². The molecule has 94 valence electrons. The molecule has 1 aliphatic rings. The minimum atomic E-state index is 0.236. The van der Waals surface area contributed by atoms with Crippen LogP contribution < -0.4 is 14.8 Å². The maximum Gasteiger partial charge on any atom is 0.231 e. The molecule has 5 heteroatoms. The maximum absolute atomic E-state index is 9.06. The second-order valence-corrected chi connectivity index (χ2v) is 4.43. The SMILES string of the molecule is N#Cc1ccc(Cl)cc1Nc1ccc2c(c1)OCO2. The Morgan fingerprint density at radius 3 is 2.79 bits per heavy atom. The molecule has 0 saturated heterocycles. The number of hydrogen-bond donors (Lipinski definition) is 1. The van der Waals surface area contributed by atoms with E-state index in [1.54, 1.807) is 18.2 Å². The third kappa shape index (κ3) is 2.28. The van der Waals surface area contributed by atoms with Crippen LogP contribution in [-0.2, 0) is 0 Å². The standard InChI is InChI=1S/C14H9ClN2O2/c15-10-2-1-9(7-16)12(5-10)17-11-3-4-13-14(6-11)19-8-18-13/h1-6,17H,8H2. The molecule has 19 heavy (non-hydrogen) atoms. The van der Waals surface area contributed by atoms with Gasteiger partial charge in [-0.2, -0.15) is 5.26 Å². The van der Waals surface area contributed by atoms with Gasteiger partial charge in [0.25, 0.3) is 0 Å². The predicted octanol–water partition coefficient (Wildman–Crippen LogP) is 3.68. The van der Waals surface area contributed by atoms with Gasteiger partial charge in [-0.1, -0.05) is 11.6 Å². The summed E-state index contributed by atoms with van der Waals surface area (Å²) in [7, 11) is 0. The summed E-state index contributed by atoms with van der Waals surface area (Å²) in [6.45, 7) is 0.236. The van der Waals surface area contributed by atoms with Crippen molar-refractivity contribution in [1.82, 2.24) is 0 Å². The van der Waals surface area contributed by atoms with E-state index in [-0.39, 0.29) is 6.79 Å². The molecular formula is C14H9ClN2O2. The van der Waals surface area contributed by atoms with Crippen LogP contribution >= 0.6 is 11.6 Å². The van der Waals surface area contributed by atoms with E-state index in [0.717, 1.165) is 11.4 Å². The lowest BCUT2D eigenvalue weighted by molar-refractivity contribution is 0.174. The van der Waals surface area contributed by atoms with Crippen molar-refractivity contribution in [3.8, 4) is 17.6 Å². The van der Waals surface area contributed by atoms with Gasteiger partial charge in [0.15, 0.2) is 11.5 Å². The number of nitrogens with one attached hydrogen (secondary N) is 1. The number of halogens is 1. The van der Waals surface area contributed by atoms with Gasteiger partial charge in [0.1, 0.15) is 6.07 Å². The van der Waals surface area contributed by atoms with Crippen molar-refractivity contribution in [3.63, 3.8) is 0 Å². The van der Waals surface area contributed by atoms with Crippen molar-refractivity contribution in [3.05, 3.63) is 47.0 Å². The number of rotatable bonds is 2. The fraction of sp³-hybridized carbons (Fsp3) is 0.0714. The van der Waals surface area contributed by atoms with Crippen molar-refractivity contribution >= 4 is 23.0 Å².